The average molecular weight is 471 g/mol. The van der Waals surface area contributed by atoms with Gasteiger partial charge in [0.2, 0.25) is 0 Å². The number of rotatable bonds is 7. The number of allylic oxidation sites excluding steroid dienone is 1. The summed E-state index contributed by atoms with van der Waals surface area (Å²) in [6.45, 7) is 1.93. The van der Waals surface area contributed by atoms with Gasteiger partial charge < -0.3 is 0 Å². The summed E-state index contributed by atoms with van der Waals surface area (Å²) in [5.74, 6) is 0.183. The summed E-state index contributed by atoms with van der Waals surface area (Å²) < 4.78 is 26.0. The van der Waals surface area contributed by atoms with E-state index in [4.69, 9.17) is 0 Å². The quantitative estimate of drug-likeness (QED) is 0.594. The third-order valence-corrected chi connectivity index (χ3v) is 9.54. The molecule has 3 aliphatic rings. The Morgan fingerprint density at radius 3 is 2.56 bits per heavy atom. The molecule has 0 spiro atoms. The van der Waals surface area contributed by atoms with E-state index in [0.29, 0.717) is 34.0 Å². The molecule has 1 N–H and O–H groups in total. The highest BCUT2D eigenvalue weighted by molar-refractivity contribution is 7.92. The van der Waals surface area contributed by atoms with Gasteiger partial charge >= 0.3 is 0 Å². The number of carbonyl (C=O) groups is 2. The van der Waals surface area contributed by atoms with Crippen molar-refractivity contribution in [1.82, 2.24) is 4.98 Å². The Morgan fingerprint density at radius 2 is 1.97 bits per heavy atom. The molecule has 1 aromatic carbocycles. The first kappa shape index (κ1) is 21.5. The predicted molar refractivity (Wildman–Crippen MR) is 124 cm³/mol. The van der Waals surface area contributed by atoms with Crippen LogP contribution >= 0.6 is 11.3 Å². The zero-order valence-corrected chi connectivity index (χ0v) is 19.6. The molecule has 32 heavy (non-hydrogen) atoms. The monoisotopic (exact) mass is 470 g/mol. The van der Waals surface area contributed by atoms with Gasteiger partial charge in [-0.3, -0.25) is 14.9 Å². The van der Waals surface area contributed by atoms with Crippen LogP contribution < -0.4 is 5.32 Å². The number of thiazole rings is 1. The van der Waals surface area contributed by atoms with Gasteiger partial charge in [-0.15, -0.1) is 11.3 Å². The Bertz CT molecular complexity index is 1220. The number of Topliss-reactive ketones (excluding diaryl/α,β-unsaturated/α-hetero) is 1. The summed E-state index contributed by atoms with van der Waals surface area (Å²) in [6.07, 6.45) is 8.70. The minimum Gasteiger partial charge on any atom is -0.300 e. The molecule has 3 saturated carbocycles. The minimum atomic E-state index is -3.31. The van der Waals surface area contributed by atoms with Crippen molar-refractivity contribution in [2.24, 2.45) is 5.92 Å². The predicted octanol–water partition coefficient (Wildman–Crippen LogP) is 4.66. The van der Waals surface area contributed by atoms with E-state index in [0.717, 1.165) is 42.5 Å². The van der Waals surface area contributed by atoms with Crippen molar-refractivity contribution < 1.29 is 18.0 Å². The smallest absolute Gasteiger partial charge is 0.257 e. The number of amides is 1. The Kier molecular flexibility index (Phi) is 5.53. The first-order chi connectivity index (χ1) is 15.3. The molecule has 1 amide bonds. The van der Waals surface area contributed by atoms with Gasteiger partial charge in [-0.05, 0) is 74.1 Å². The average Bonchev–Trinajstić information content (AvgIpc) is 3.68. The second kappa shape index (κ2) is 8.23. The molecule has 2 aromatic rings. The molecule has 168 valence electrons. The van der Waals surface area contributed by atoms with Crippen LogP contribution in [0.3, 0.4) is 0 Å². The van der Waals surface area contributed by atoms with Crippen LogP contribution in [0.2, 0.25) is 0 Å². The SMILES string of the molecule is Cc1cnc(NC(=O)C(=C[C@H]2CCC(=O)C2)c2ccc(S(=O)(=O)C3CC3)c(C3CC3)c2)s1. The van der Waals surface area contributed by atoms with E-state index in [1.54, 1.807) is 18.3 Å². The highest BCUT2D eigenvalue weighted by atomic mass is 32.2. The first-order valence-electron chi connectivity index (χ1n) is 11.2. The number of benzene rings is 1. The van der Waals surface area contributed by atoms with Crippen LogP contribution in [-0.4, -0.2) is 30.3 Å². The summed E-state index contributed by atoms with van der Waals surface area (Å²) >= 11 is 1.40. The number of nitrogens with one attached hydrogen (secondary N) is 1. The van der Waals surface area contributed by atoms with Gasteiger partial charge in [0.25, 0.3) is 5.91 Å². The number of hydrogen-bond donors (Lipinski definition) is 1. The van der Waals surface area contributed by atoms with E-state index < -0.39 is 9.84 Å². The van der Waals surface area contributed by atoms with Gasteiger partial charge in [0.05, 0.1) is 10.1 Å². The van der Waals surface area contributed by atoms with Crippen LogP contribution in [0.25, 0.3) is 5.57 Å². The molecule has 1 heterocycles. The lowest BCUT2D eigenvalue weighted by molar-refractivity contribution is -0.117. The molecule has 6 nitrogen and oxygen atoms in total. The number of carbonyl (C=O) groups excluding carboxylic acids is 2. The lowest BCUT2D eigenvalue weighted by Gasteiger charge is -2.15. The second-order valence-corrected chi connectivity index (χ2v) is 12.6. The molecule has 3 aliphatic carbocycles. The highest BCUT2D eigenvalue weighted by Crippen LogP contribution is 2.46. The van der Waals surface area contributed by atoms with Gasteiger partial charge in [-0.25, -0.2) is 13.4 Å². The molecule has 0 unspecified atom stereocenters. The highest BCUT2D eigenvalue weighted by Gasteiger charge is 2.40. The van der Waals surface area contributed by atoms with Crippen LogP contribution in [0.15, 0.2) is 35.4 Å². The minimum absolute atomic E-state index is 0.0144. The van der Waals surface area contributed by atoms with Crippen molar-refractivity contribution in [1.29, 1.82) is 0 Å². The Morgan fingerprint density at radius 1 is 1.19 bits per heavy atom. The molecule has 0 radical (unpaired) electrons. The van der Waals surface area contributed by atoms with E-state index in [2.05, 4.69) is 10.3 Å². The second-order valence-electron chi connectivity index (χ2n) is 9.12. The summed E-state index contributed by atoms with van der Waals surface area (Å²) in [5.41, 5.74) is 2.02. The molecule has 0 aliphatic heterocycles. The van der Waals surface area contributed by atoms with Crippen molar-refractivity contribution in [2.45, 2.75) is 67.9 Å². The van der Waals surface area contributed by atoms with E-state index in [-0.39, 0.29) is 28.8 Å². The summed E-state index contributed by atoms with van der Waals surface area (Å²) in [6, 6.07) is 5.32. The van der Waals surface area contributed by atoms with Crippen molar-refractivity contribution in [2.75, 3.05) is 5.32 Å². The van der Waals surface area contributed by atoms with Crippen LogP contribution in [0.4, 0.5) is 5.13 Å². The number of hydrogen-bond acceptors (Lipinski definition) is 6. The fourth-order valence-electron chi connectivity index (χ4n) is 4.35. The third kappa shape index (κ3) is 4.43. The molecule has 3 fully saturated rings. The molecule has 1 aromatic heterocycles. The maximum absolute atomic E-state index is 13.3. The van der Waals surface area contributed by atoms with Gasteiger partial charge in [-0.2, -0.15) is 0 Å². The summed E-state index contributed by atoms with van der Waals surface area (Å²) in [7, 11) is -3.31. The van der Waals surface area contributed by atoms with E-state index in [1.165, 1.54) is 11.3 Å². The molecule has 8 heteroatoms. The number of sulfone groups is 1. The van der Waals surface area contributed by atoms with E-state index in [9.17, 15) is 18.0 Å². The Balaban J connectivity index is 1.53. The Labute approximate surface area is 192 Å². The van der Waals surface area contributed by atoms with Gasteiger partial charge in [-0.1, -0.05) is 12.1 Å². The number of aryl methyl sites for hydroxylation is 1. The topological polar surface area (TPSA) is 93.2 Å². The largest absolute Gasteiger partial charge is 0.300 e. The van der Waals surface area contributed by atoms with Crippen LogP contribution in [-0.2, 0) is 19.4 Å². The van der Waals surface area contributed by atoms with Crippen molar-refractivity contribution in [3.8, 4) is 0 Å². The standard InChI is InChI=1S/C24H26N2O4S2/c1-14-13-25-24(31-14)26-23(28)21(11-15-2-6-18(27)10-15)17-5-9-22(20(12-17)16-3-4-16)32(29,30)19-7-8-19/h5,9,11-13,15-16,19H,2-4,6-8,10H2,1H3,(H,25,26,28)/t15-/m0/s1. The number of nitrogens with zero attached hydrogens (tertiary/aromatic N) is 1. The zero-order valence-electron chi connectivity index (χ0n) is 18.0. The summed E-state index contributed by atoms with van der Waals surface area (Å²) in [5, 5.41) is 3.14. The molecule has 1 atom stereocenters. The van der Waals surface area contributed by atoms with Gasteiger partial charge in [0.15, 0.2) is 15.0 Å². The maximum Gasteiger partial charge on any atom is 0.257 e. The molecule has 0 bridgehead atoms. The molecular weight excluding hydrogens is 444 g/mol. The normalized spacial score (nSPS) is 21.7. The number of aromatic nitrogens is 1. The third-order valence-electron chi connectivity index (χ3n) is 6.38. The zero-order chi connectivity index (χ0) is 22.5. The fraction of sp³-hybridized carbons (Fsp3) is 0.458. The number of ketones is 1. The van der Waals surface area contributed by atoms with Gasteiger partial charge in [0.1, 0.15) is 5.78 Å². The van der Waals surface area contributed by atoms with Crippen LogP contribution in [0.1, 0.15) is 66.9 Å². The van der Waals surface area contributed by atoms with Crippen LogP contribution in [0, 0.1) is 12.8 Å². The first-order valence-corrected chi connectivity index (χ1v) is 13.5. The van der Waals surface area contributed by atoms with Crippen molar-refractivity contribution in [3.05, 3.63) is 46.5 Å². The van der Waals surface area contributed by atoms with Gasteiger partial charge in [0, 0.05) is 29.5 Å². The lowest BCUT2D eigenvalue weighted by atomic mass is 9.96. The van der Waals surface area contributed by atoms with E-state index in [1.807, 2.05) is 19.1 Å². The lowest BCUT2D eigenvalue weighted by Crippen LogP contribution is -2.15. The maximum atomic E-state index is 13.3. The summed E-state index contributed by atoms with van der Waals surface area (Å²) in [4.78, 5) is 30.7. The fourth-order valence-corrected chi connectivity index (χ4v) is 6.93. The van der Waals surface area contributed by atoms with Crippen molar-refractivity contribution >= 4 is 43.6 Å². The van der Waals surface area contributed by atoms with Crippen molar-refractivity contribution in [3.63, 3.8) is 0 Å². The van der Waals surface area contributed by atoms with E-state index >= 15 is 0 Å². The molecular formula is C24H26N2O4S2. The number of anilines is 1. The molecule has 0 saturated heterocycles. The molecule has 5 rings (SSSR count). The Hall–Kier alpha value is -2.32. The van der Waals surface area contributed by atoms with Crippen LogP contribution in [0.5, 0.6) is 0 Å².